The third-order valence-corrected chi connectivity index (χ3v) is 3.68. The Morgan fingerprint density at radius 2 is 2.05 bits per heavy atom. The molecule has 1 amide bonds. The van der Waals surface area contributed by atoms with Crippen LogP contribution in [-0.2, 0) is 16.0 Å². The SMILES string of the molecule is CC(CC(=O)O)NC(=O)C1(Cc2ccccc2F)CC1. The Balaban J connectivity index is 1.99. The number of rotatable bonds is 6. The molecule has 20 heavy (non-hydrogen) atoms. The summed E-state index contributed by atoms with van der Waals surface area (Å²) in [4.78, 5) is 22.8. The van der Waals surface area contributed by atoms with Crippen molar-refractivity contribution in [1.29, 1.82) is 0 Å². The Hall–Kier alpha value is -1.91. The molecule has 0 saturated heterocycles. The summed E-state index contributed by atoms with van der Waals surface area (Å²) in [7, 11) is 0. The second-order valence-electron chi connectivity index (χ2n) is 5.52. The van der Waals surface area contributed by atoms with Crippen LogP contribution in [0.4, 0.5) is 4.39 Å². The fourth-order valence-corrected chi connectivity index (χ4v) is 2.33. The first-order chi connectivity index (χ1) is 9.43. The van der Waals surface area contributed by atoms with E-state index in [0.717, 1.165) is 0 Å². The molecule has 4 nitrogen and oxygen atoms in total. The fourth-order valence-electron chi connectivity index (χ4n) is 2.33. The summed E-state index contributed by atoms with van der Waals surface area (Å²) in [5, 5.41) is 11.4. The van der Waals surface area contributed by atoms with Gasteiger partial charge in [-0.05, 0) is 37.8 Å². The highest BCUT2D eigenvalue weighted by atomic mass is 19.1. The van der Waals surface area contributed by atoms with Crippen LogP contribution in [0.3, 0.4) is 0 Å². The van der Waals surface area contributed by atoms with Crippen molar-refractivity contribution >= 4 is 11.9 Å². The number of carboxylic acids is 1. The quantitative estimate of drug-likeness (QED) is 0.838. The zero-order valence-corrected chi connectivity index (χ0v) is 11.4. The largest absolute Gasteiger partial charge is 0.481 e. The number of aliphatic carboxylic acids is 1. The molecule has 1 unspecified atom stereocenters. The van der Waals surface area contributed by atoms with Crippen molar-refractivity contribution in [3.63, 3.8) is 0 Å². The highest BCUT2D eigenvalue weighted by Crippen LogP contribution is 2.49. The number of carbonyl (C=O) groups excluding carboxylic acids is 1. The average molecular weight is 279 g/mol. The number of hydrogen-bond acceptors (Lipinski definition) is 2. The molecule has 0 aromatic heterocycles. The molecule has 1 aromatic rings. The van der Waals surface area contributed by atoms with Crippen molar-refractivity contribution in [2.75, 3.05) is 0 Å². The fraction of sp³-hybridized carbons (Fsp3) is 0.467. The molecular formula is C15H18FNO3. The van der Waals surface area contributed by atoms with Crippen LogP contribution in [0.15, 0.2) is 24.3 Å². The second-order valence-corrected chi connectivity index (χ2v) is 5.52. The number of nitrogens with one attached hydrogen (secondary N) is 1. The van der Waals surface area contributed by atoms with Crippen LogP contribution in [-0.4, -0.2) is 23.0 Å². The summed E-state index contributed by atoms with van der Waals surface area (Å²) in [5.74, 6) is -1.42. The van der Waals surface area contributed by atoms with Gasteiger partial charge >= 0.3 is 5.97 Å². The van der Waals surface area contributed by atoms with Gasteiger partial charge in [0.2, 0.25) is 5.91 Å². The number of amides is 1. The van der Waals surface area contributed by atoms with E-state index in [1.54, 1.807) is 25.1 Å². The van der Waals surface area contributed by atoms with Crippen LogP contribution in [0.25, 0.3) is 0 Å². The monoisotopic (exact) mass is 279 g/mol. The Bertz CT molecular complexity index is 526. The van der Waals surface area contributed by atoms with Crippen LogP contribution in [0, 0.1) is 11.2 Å². The van der Waals surface area contributed by atoms with Crippen LogP contribution in [0.1, 0.15) is 31.7 Å². The van der Waals surface area contributed by atoms with E-state index < -0.39 is 17.4 Å². The van der Waals surface area contributed by atoms with Crippen LogP contribution in [0.5, 0.6) is 0 Å². The molecular weight excluding hydrogens is 261 g/mol. The normalized spacial score (nSPS) is 17.3. The van der Waals surface area contributed by atoms with Crippen molar-refractivity contribution in [3.05, 3.63) is 35.6 Å². The summed E-state index contributed by atoms with van der Waals surface area (Å²) >= 11 is 0. The maximum absolute atomic E-state index is 13.6. The molecule has 108 valence electrons. The summed E-state index contributed by atoms with van der Waals surface area (Å²) in [6.07, 6.45) is 1.69. The van der Waals surface area contributed by atoms with Gasteiger partial charge in [0, 0.05) is 6.04 Å². The summed E-state index contributed by atoms with van der Waals surface area (Å²) in [6, 6.07) is 6.02. The molecule has 1 aliphatic rings. The van der Waals surface area contributed by atoms with Gasteiger partial charge in [-0.25, -0.2) is 4.39 Å². The van der Waals surface area contributed by atoms with Crippen molar-refractivity contribution in [1.82, 2.24) is 5.32 Å². The Morgan fingerprint density at radius 3 is 2.60 bits per heavy atom. The van der Waals surface area contributed by atoms with Crippen LogP contribution >= 0.6 is 0 Å². The molecule has 0 aliphatic heterocycles. The molecule has 1 aliphatic carbocycles. The lowest BCUT2D eigenvalue weighted by Gasteiger charge is -2.19. The zero-order valence-electron chi connectivity index (χ0n) is 11.4. The lowest BCUT2D eigenvalue weighted by Crippen LogP contribution is -2.40. The van der Waals surface area contributed by atoms with Crippen LogP contribution in [0.2, 0.25) is 0 Å². The van der Waals surface area contributed by atoms with E-state index in [1.807, 2.05) is 0 Å². The molecule has 1 saturated carbocycles. The maximum atomic E-state index is 13.6. The van der Waals surface area contributed by atoms with Gasteiger partial charge in [0.1, 0.15) is 5.82 Å². The van der Waals surface area contributed by atoms with Gasteiger partial charge in [-0.1, -0.05) is 18.2 Å². The number of benzene rings is 1. The van der Waals surface area contributed by atoms with E-state index in [9.17, 15) is 14.0 Å². The summed E-state index contributed by atoms with van der Waals surface area (Å²) < 4.78 is 13.6. The first-order valence-corrected chi connectivity index (χ1v) is 6.69. The predicted molar refractivity (Wildman–Crippen MR) is 71.6 cm³/mol. The Labute approximate surface area is 117 Å². The van der Waals surface area contributed by atoms with Crippen molar-refractivity contribution < 1.29 is 19.1 Å². The molecule has 5 heteroatoms. The highest BCUT2D eigenvalue weighted by Gasteiger charge is 2.50. The molecule has 1 fully saturated rings. The average Bonchev–Trinajstić information content (AvgIpc) is 3.12. The summed E-state index contributed by atoms with van der Waals surface area (Å²) in [5.41, 5.74) is -0.0272. The maximum Gasteiger partial charge on any atom is 0.305 e. The lowest BCUT2D eigenvalue weighted by molar-refractivity contribution is -0.137. The van der Waals surface area contributed by atoms with Crippen LogP contribution < -0.4 is 5.32 Å². The topological polar surface area (TPSA) is 66.4 Å². The minimum absolute atomic E-state index is 0.110. The first-order valence-electron chi connectivity index (χ1n) is 6.69. The Kier molecular flexibility index (Phi) is 4.06. The predicted octanol–water partition coefficient (Wildman–Crippen LogP) is 2.13. The van der Waals surface area contributed by atoms with Gasteiger partial charge in [0.15, 0.2) is 0 Å². The second kappa shape index (κ2) is 5.61. The van der Waals surface area contributed by atoms with E-state index in [-0.39, 0.29) is 18.1 Å². The van der Waals surface area contributed by atoms with Crippen molar-refractivity contribution in [2.45, 2.75) is 38.6 Å². The standard InChI is InChI=1S/C15H18FNO3/c1-10(8-13(18)19)17-14(20)15(6-7-15)9-11-4-2-3-5-12(11)16/h2-5,10H,6-9H2,1H3,(H,17,20)(H,18,19). The molecule has 2 rings (SSSR count). The van der Waals surface area contributed by atoms with Gasteiger partial charge in [-0.3, -0.25) is 9.59 Å². The molecule has 1 atom stereocenters. The third-order valence-electron chi connectivity index (χ3n) is 3.68. The molecule has 0 spiro atoms. The minimum Gasteiger partial charge on any atom is -0.481 e. The van der Waals surface area contributed by atoms with Gasteiger partial charge < -0.3 is 10.4 Å². The van der Waals surface area contributed by atoms with Gasteiger partial charge in [0.25, 0.3) is 0 Å². The number of carbonyl (C=O) groups is 2. The molecule has 0 radical (unpaired) electrons. The summed E-state index contributed by atoms with van der Waals surface area (Å²) in [6.45, 7) is 1.66. The smallest absolute Gasteiger partial charge is 0.305 e. The van der Waals surface area contributed by atoms with Crippen molar-refractivity contribution in [3.8, 4) is 0 Å². The zero-order chi connectivity index (χ0) is 14.8. The van der Waals surface area contributed by atoms with Crippen molar-refractivity contribution in [2.24, 2.45) is 5.41 Å². The molecule has 1 aromatic carbocycles. The van der Waals surface area contributed by atoms with Gasteiger partial charge in [-0.15, -0.1) is 0 Å². The van der Waals surface area contributed by atoms with E-state index in [0.29, 0.717) is 24.8 Å². The minimum atomic E-state index is -0.947. The highest BCUT2D eigenvalue weighted by molar-refractivity contribution is 5.86. The number of hydrogen-bond donors (Lipinski definition) is 2. The van der Waals surface area contributed by atoms with E-state index in [2.05, 4.69) is 5.32 Å². The first kappa shape index (κ1) is 14.5. The Morgan fingerprint density at radius 1 is 1.40 bits per heavy atom. The number of carboxylic acid groups (broad SMARTS) is 1. The van der Waals surface area contributed by atoms with E-state index in [1.165, 1.54) is 6.07 Å². The third kappa shape index (κ3) is 3.35. The molecule has 2 N–H and O–H groups in total. The van der Waals surface area contributed by atoms with E-state index >= 15 is 0 Å². The van der Waals surface area contributed by atoms with E-state index in [4.69, 9.17) is 5.11 Å². The number of halogens is 1. The lowest BCUT2D eigenvalue weighted by atomic mass is 9.94. The molecule has 0 bridgehead atoms. The van der Waals surface area contributed by atoms with Gasteiger partial charge in [0.05, 0.1) is 11.8 Å². The van der Waals surface area contributed by atoms with Gasteiger partial charge in [-0.2, -0.15) is 0 Å². The molecule has 0 heterocycles.